The molecule has 0 aliphatic rings. The van der Waals surface area contributed by atoms with Crippen LogP contribution in [0.5, 0.6) is 0 Å². The lowest BCUT2D eigenvalue weighted by Gasteiger charge is -2.16. The first kappa shape index (κ1) is 14.1. The number of ether oxygens (including phenoxy) is 2. The van der Waals surface area contributed by atoms with Crippen molar-refractivity contribution >= 4 is 28.5 Å². The Hall–Kier alpha value is 0.0800. The zero-order valence-electron chi connectivity index (χ0n) is 8.51. The van der Waals surface area contributed by atoms with E-state index in [1.807, 2.05) is 0 Å². The van der Waals surface area contributed by atoms with Gasteiger partial charge in [0.1, 0.15) is 6.23 Å². The summed E-state index contributed by atoms with van der Waals surface area (Å²) in [4.78, 5) is 10.9. The number of rotatable bonds is 8. The molecule has 0 saturated carbocycles. The third-order valence-electron chi connectivity index (χ3n) is 1.66. The van der Waals surface area contributed by atoms with E-state index in [1.54, 1.807) is 14.2 Å². The molecule has 0 bridgehead atoms. The van der Waals surface area contributed by atoms with E-state index < -0.39 is 0 Å². The fourth-order valence-corrected chi connectivity index (χ4v) is 1.15. The van der Waals surface area contributed by atoms with Gasteiger partial charge in [-0.2, -0.15) is 0 Å². The molecular formula is C8H17IN2O3. The molecule has 1 atom stereocenters. The molecule has 0 aliphatic carbocycles. The molecule has 1 amide bonds. The van der Waals surface area contributed by atoms with Gasteiger partial charge in [-0.3, -0.25) is 10.1 Å². The number of hydrogen-bond acceptors (Lipinski definition) is 4. The second-order valence-electron chi connectivity index (χ2n) is 2.58. The largest absolute Gasteiger partial charge is 0.371 e. The Labute approximate surface area is 98.0 Å². The number of likely N-dealkylation sites (N-methyl/N-ethyl adjacent to an activating group) is 1. The van der Waals surface area contributed by atoms with E-state index >= 15 is 0 Å². The second kappa shape index (κ2) is 9.63. The van der Waals surface area contributed by atoms with Gasteiger partial charge in [0.25, 0.3) is 0 Å². The van der Waals surface area contributed by atoms with Crippen LogP contribution in [0.25, 0.3) is 0 Å². The molecule has 0 saturated heterocycles. The summed E-state index contributed by atoms with van der Waals surface area (Å²) in [6, 6.07) is 0. The highest BCUT2D eigenvalue weighted by atomic mass is 127. The Morgan fingerprint density at radius 1 is 1.57 bits per heavy atom. The van der Waals surface area contributed by atoms with Gasteiger partial charge >= 0.3 is 0 Å². The Morgan fingerprint density at radius 2 is 2.29 bits per heavy atom. The molecule has 14 heavy (non-hydrogen) atoms. The fourth-order valence-electron chi connectivity index (χ4n) is 0.843. The summed E-state index contributed by atoms with van der Waals surface area (Å²) in [6.07, 6.45) is 0.603. The number of carbonyl (C=O) groups is 1. The minimum absolute atomic E-state index is 0.0538. The number of nitrogens with one attached hydrogen (secondary N) is 2. The van der Waals surface area contributed by atoms with Crippen LogP contribution >= 0.6 is 22.6 Å². The normalized spacial score (nSPS) is 12.5. The van der Waals surface area contributed by atoms with Crippen molar-refractivity contribution in [2.45, 2.75) is 12.6 Å². The molecule has 0 spiro atoms. The first-order valence-electron chi connectivity index (χ1n) is 4.35. The maximum absolute atomic E-state index is 10.9. The van der Waals surface area contributed by atoms with E-state index in [-0.39, 0.29) is 18.7 Å². The minimum atomic E-state index is -0.129. The molecule has 1 unspecified atom stereocenters. The van der Waals surface area contributed by atoms with E-state index in [0.717, 1.165) is 6.42 Å². The average Bonchev–Trinajstić information content (AvgIpc) is 2.22. The van der Waals surface area contributed by atoms with Crippen LogP contribution in [0.15, 0.2) is 0 Å². The summed E-state index contributed by atoms with van der Waals surface area (Å²) in [7, 11) is 3.20. The third kappa shape index (κ3) is 7.48. The van der Waals surface area contributed by atoms with Crippen molar-refractivity contribution in [3.8, 4) is 0 Å². The lowest BCUT2D eigenvalue weighted by Crippen LogP contribution is -2.39. The highest BCUT2D eigenvalue weighted by Crippen LogP contribution is 1.94. The predicted molar refractivity (Wildman–Crippen MR) is 62.3 cm³/mol. The summed E-state index contributed by atoms with van der Waals surface area (Å²) < 4.78 is 11.0. The van der Waals surface area contributed by atoms with E-state index in [1.165, 1.54) is 0 Å². The number of methoxy groups -OCH3 is 1. The predicted octanol–water partition coefficient (Wildman–Crippen LogP) is 0.0937. The van der Waals surface area contributed by atoms with Crippen LogP contribution in [0.2, 0.25) is 0 Å². The van der Waals surface area contributed by atoms with Gasteiger partial charge < -0.3 is 14.8 Å². The zero-order valence-corrected chi connectivity index (χ0v) is 10.7. The number of amides is 1. The van der Waals surface area contributed by atoms with Gasteiger partial charge in [-0.25, -0.2) is 0 Å². The Morgan fingerprint density at radius 3 is 2.79 bits per heavy atom. The van der Waals surface area contributed by atoms with Gasteiger partial charge in [-0.15, -0.1) is 0 Å². The molecular weight excluding hydrogens is 299 g/mol. The molecule has 0 aromatic heterocycles. The van der Waals surface area contributed by atoms with E-state index in [2.05, 4.69) is 33.2 Å². The van der Waals surface area contributed by atoms with Gasteiger partial charge in [-0.1, -0.05) is 22.6 Å². The molecule has 0 aromatic carbocycles. The molecule has 2 N–H and O–H groups in total. The summed E-state index contributed by atoms with van der Waals surface area (Å²) >= 11 is 2.14. The van der Waals surface area contributed by atoms with Crippen molar-refractivity contribution in [1.29, 1.82) is 0 Å². The molecule has 0 aliphatic heterocycles. The van der Waals surface area contributed by atoms with Crippen molar-refractivity contribution in [2.24, 2.45) is 0 Å². The summed E-state index contributed by atoms with van der Waals surface area (Å²) in [5.41, 5.74) is 0. The van der Waals surface area contributed by atoms with Crippen LogP contribution in [0.4, 0.5) is 0 Å². The monoisotopic (exact) mass is 316 g/mol. The Kier molecular flexibility index (Phi) is 9.68. The maximum Gasteiger partial charge on any atom is 0.233 e. The maximum atomic E-state index is 10.9. The van der Waals surface area contributed by atoms with Crippen molar-refractivity contribution < 1.29 is 14.3 Å². The van der Waals surface area contributed by atoms with Gasteiger partial charge in [0.2, 0.25) is 5.91 Å². The van der Waals surface area contributed by atoms with Crippen LogP contribution in [0.3, 0.4) is 0 Å². The summed E-state index contributed by atoms with van der Waals surface area (Å²) in [6.45, 7) is 0.890. The van der Waals surface area contributed by atoms with E-state index in [0.29, 0.717) is 11.2 Å². The average molecular weight is 316 g/mol. The topological polar surface area (TPSA) is 59.6 Å². The standard InChI is InChI=1S/C8H17IN2O3/c1-10-7(12)5-11-8(13-2)3-4-14-6-9/h8,11H,3-6H2,1-2H3,(H,10,12). The van der Waals surface area contributed by atoms with Crippen LogP contribution in [0, 0.1) is 0 Å². The highest BCUT2D eigenvalue weighted by molar-refractivity contribution is 14.1. The van der Waals surface area contributed by atoms with Gasteiger partial charge in [0.15, 0.2) is 0 Å². The molecule has 0 heterocycles. The molecule has 0 aromatic rings. The molecule has 0 radical (unpaired) electrons. The lowest BCUT2D eigenvalue weighted by atomic mass is 10.4. The third-order valence-corrected chi connectivity index (χ3v) is 2.10. The van der Waals surface area contributed by atoms with Gasteiger partial charge in [0.05, 0.1) is 17.8 Å². The number of halogens is 1. The fraction of sp³-hybridized carbons (Fsp3) is 0.875. The second-order valence-corrected chi connectivity index (χ2v) is 3.21. The Balaban J connectivity index is 3.52. The van der Waals surface area contributed by atoms with Crippen LogP contribution in [0.1, 0.15) is 6.42 Å². The highest BCUT2D eigenvalue weighted by Gasteiger charge is 2.07. The van der Waals surface area contributed by atoms with Gasteiger partial charge in [-0.05, 0) is 0 Å². The first-order valence-corrected chi connectivity index (χ1v) is 5.87. The summed E-state index contributed by atoms with van der Waals surface area (Å²) in [5.74, 6) is -0.0538. The minimum Gasteiger partial charge on any atom is -0.371 e. The summed E-state index contributed by atoms with van der Waals surface area (Å²) in [5, 5.41) is 5.48. The molecule has 84 valence electrons. The smallest absolute Gasteiger partial charge is 0.233 e. The molecule has 6 heteroatoms. The van der Waals surface area contributed by atoms with Crippen molar-refractivity contribution in [3.63, 3.8) is 0 Å². The Bertz CT molecular complexity index is 158. The lowest BCUT2D eigenvalue weighted by molar-refractivity contribution is -0.120. The van der Waals surface area contributed by atoms with E-state index in [4.69, 9.17) is 9.47 Å². The van der Waals surface area contributed by atoms with Crippen molar-refractivity contribution in [3.05, 3.63) is 0 Å². The number of hydrogen-bond donors (Lipinski definition) is 2. The van der Waals surface area contributed by atoms with E-state index in [9.17, 15) is 4.79 Å². The zero-order chi connectivity index (χ0) is 10.8. The molecule has 5 nitrogen and oxygen atoms in total. The molecule has 0 fully saturated rings. The van der Waals surface area contributed by atoms with Crippen molar-refractivity contribution in [1.82, 2.24) is 10.6 Å². The SMILES string of the molecule is CNC(=O)CNC(CCOCI)OC. The van der Waals surface area contributed by atoms with Crippen LogP contribution < -0.4 is 10.6 Å². The molecule has 0 rings (SSSR count). The number of alkyl halides is 1. The van der Waals surface area contributed by atoms with Crippen molar-refractivity contribution in [2.75, 3.05) is 31.9 Å². The first-order chi connectivity index (χ1) is 6.74. The van der Waals surface area contributed by atoms with Crippen LogP contribution in [-0.4, -0.2) is 44.1 Å². The quantitative estimate of drug-likeness (QED) is 0.288. The number of carbonyl (C=O) groups excluding carboxylic acids is 1. The van der Waals surface area contributed by atoms with Gasteiger partial charge in [0, 0.05) is 20.6 Å². The van der Waals surface area contributed by atoms with Crippen LogP contribution in [-0.2, 0) is 14.3 Å².